The minimum atomic E-state index is 0.174. The number of para-hydroxylation sites is 1. The molecule has 4 nitrogen and oxygen atoms in total. The second kappa shape index (κ2) is 6.52. The first-order chi connectivity index (χ1) is 12.8. The maximum Gasteiger partial charge on any atom is 0.165 e. The van der Waals surface area contributed by atoms with E-state index in [0.29, 0.717) is 17.4 Å². The Balaban J connectivity index is 1.95. The number of phenolic OH excluding ortho intramolecular Hbond substituents is 1. The smallest absolute Gasteiger partial charge is 0.165 e. The molecule has 2 heterocycles. The van der Waals surface area contributed by atoms with Crippen LogP contribution in [0.15, 0.2) is 42.5 Å². The fraction of sp³-hybridized carbons (Fsp3) is 0.391. The minimum absolute atomic E-state index is 0.174. The molecule has 2 aromatic carbocycles. The predicted molar refractivity (Wildman–Crippen MR) is 111 cm³/mol. The molecule has 140 valence electrons. The van der Waals surface area contributed by atoms with Crippen molar-refractivity contribution in [1.82, 2.24) is 9.97 Å². The van der Waals surface area contributed by atoms with Crippen molar-refractivity contribution in [3.05, 3.63) is 48.0 Å². The average Bonchev–Trinajstić information content (AvgIpc) is 3.11. The van der Waals surface area contributed by atoms with Gasteiger partial charge >= 0.3 is 0 Å². The van der Waals surface area contributed by atoms with Crippen LogP contribution in [0.1, 0.15) is 39.2 Å². The average molecular weight is 361 g/mol. The lowest BCUT2D eigenvalue weighted by atomic mass is 9.85. The summed E-state index contributed by atoms with van der Waals surface area (Å²) < 4.78 is 0. The van der Waals surface area contributed by atoms with Crippen LogP contribution < -0.4 is 4.90 Å². The van der Waals surface area contributed by atoms with Crippen molar-refractivity contribution in [2.45, 2.75) is 46.6 Å². The lowest BCUT2D eigenvalue weighted by Gasteiger charge is -2.36. The quantitative estimate of drug-likeness (QED) is 0.670. The third-order valence-corrected chi connectivity index (χ3v) is 5.50. The number of benzene rings is 2. The number of aromatic hydroxyl groups is 1. The summed E-state index contributed by atoms with van der Waals surface area (Å²) in [7, 11) is 0. The number of hydrogen-bond donors (Lipinski definition) is 1. The van der Waals surface area contributed by atoms with E-state index >= 15 is 0 Å². The number of hydrogen-bond acceptors (Lipinski definition) is 4. The first kappa shape index (κ1) is 17.8. The van der Waals surface area contributed by atoms with Crippen LogP contribution in [0.3, 0.4) is 0 Å². The van der Waals surface area contributed by atoms with Crippen LogP contribution in [0.4, 0.5) is 5.82 Å². The van der Waals surface area contributed by atoms with Gasteiger partial charge in [0.05, 0.1) is 11.1 Å². The molecule has 1 N–H and O–H groups in total. The fourth-order valence-corrected chi connectivity index (χ4v) is 4.15. The summed E-state index contributed by atoms with van der Waals surface area (Å²) in [5, 5.41) is 11.4. The van der Waals surface area contributed by atoms with Gasteiger partial charge in [-0.2, -0.15) is 0 Å². The van der Waals surface area contributed by atoms with Crippen LogP contribution >= 0.6 is 0 Å². The van der Waals surface area contributed by atoms with E-state index in [9.17, 15) is 5.11 Å². The third-order valence-electron chi connectivity index (χ3n) is 5.50. The van der Waals surface area contributed by atoms with Crippen LogP contribution in [0.2, 0.25) is 0 Å². The summed E-state index contributed by atoms with van der Waals surface area (Å²) in [4.78, 5) is 12.2. The van der Waals surface area contributed by atoms with E-state index in [0.717, 1.165) is 23.3 Å². The number of nitrogens with zero attached hydrogens (tertiary/aromatic N) is 3. The molecule has 0 saturated carbocycles. The van der Waals surface area contributed by atoms with Crippen LogP contribution in [-0.2, 0) is 0 Å². The Kier molecular flexibility index (Phi) is 4.29. The first-order valence-electron chi connectivity index (χ1n) is 9.68. The molecular weight excluding hydrogens is 334 g/mol. The van der Waals surface area contributed by atoms with Gasteiger partial charge in [-0.3, -0.25) is 0 Å². The Labute approximate surface area is 160 Å². The SMILES string of the molecule is Cc1ccc2c(N3CCCC3C(C)(C)C)nc(-c3ccccc3O)nc2c1. The Morgan fingerprint density at radius 2 is 1.85 bits per heavy atom. The Hall–Kier alpha value is -2.62. The van der Waals surface area contributed by atoms with Gasteiger partial charge in [-0.15, -0.1) is 0 Å². The summed E-state index contributed by atoms with van der Waals surface area (Å²) >= 11 is 0. The maximum atomic E-state index is 10.3. The van der Waals surface area contributed by atoms with Gasteiger partial charge in [0, 0.05) is 18.0 Å². The number of aromatic nitrogens is 2. The van der Waals surface area contributed by atoms with Gasteiger partial charge in [-0.25, -0.2) is 9.97 Å². The highest BCUT2D eigenvalue weighted by Gasteiger charge is 2.36. The van der Waals surface area contributed by atoms with E-state index in [1.807, 2.05) is 18.2 Å². The minimum Gasteiger partial charge on any atom is -0.507 e. The van der Waals surface area contributed by atoms with E-state index in [4.69, 9.17) is 9.97 Å². The molecule has 1 aliphatic rings. The fourth-order valence-electron chi connectivity index (χ4n) is 4.15. The van der Waals surface area contributed by atoms with Gasteiger partial charge in [0.1, 0.15) is 11.6 Å². The lowest BCUT2D eigenvalue weighted by molar-refractivity contribution is 0.320. The zero-order valence-corrected chi connectivity index (χ0v) is 16.5. The second-order valence-electron chi connectivity index (χ2n) is 8.63. The topological polar surface area (TPSA) is 49.2 Å². The highest BCUT2D eigenvalue weighted by atomic mass is 16.3. The van der Waals surface area contributed by atoms with Crippen LogP contribution in [0.25, 0.3) is 22.3 Å². The summed E-state index contributed by atoms with van der Waals surface area (Å²) in [6, 6.07) is 14.1. The summed E-state index contributed by atoms with van der Waals surface area (Å²) in [6.45, 7) is 9.98. The Morgan fingerprint density at radius 1 is 1.07 bits per heavy atom. The highest BCUT2D eigenvalue weighted by molar-refractivity contribution is 5.92. The van der Waals surface area contributed by atoms with Crippen molar-refractivity contribution >= 4 is 16.7 Å². The molecule has 1 atom stereocenters. The van der Waals surface area contributed by atoms with E-state index < -0.39 is 0 Å². The Morgan fingerprint density at radius 3 is 2.59 bits per heavy atom. The molecule has 0 radical (unpaired) electrons. The van der Waals surface area contributed by atoms with Gasteiger partial charge in [-0.05, 0) is 55.0 Å². The largest absolute Gasteiger partial charge is 0.507 e. The van der Waals surface area contributed by atoms with Crippen LogP contribution in [-0.4, -0.2) is 27.7 Å². The molecule has 0 bridgehead atoms. The second-order valence-corrected chi connectivity index (χ2v) is 8.63. The van der Waals surface area contributed by atoms with Crippen molar-refractivity contribution < 1.29 is 5.11 Å². The number of fused-ring (bicyclic) bond motifs is 1. The molecule has 0 aliphatic carbocycles. The maximum absolute atomic E-state index is 10.3. The molecule has 4 rings (SSSR count). The predicted octanol–water partition coefficient (Wildman–Crippen LogP) is 5.33. The Bertz CT molecular complexity index is 991. The van der Waals surface area contributed by atoms with Gasteiger partial charge in [0.15, 0.2) is 5.82 Å². The number of aryl methyl sites for hydroxylation is 1. The van der Waals surface area contributed by atoms with Crippen molar-refractivity contribution in [2.24, 2.45) is 5.41 Å². The summed E-state index contributed by atoms with van der Waals surface area (Å²) in [5.41, 5.74) is 2.95. The zero-order chi connectivity index (χ0) is 19.2. The van der Waals surface area contributed by atoms with E-state index in [-0.39, 0.29) is 11.2 Å². The zero-order valence-electron chi connectivity index (χ0n) is 16.5. The van der Waals surface area contributed by atoms with Crippen LogP contribution in [0, 0.1) is 12.3 Å². The normalized spacial score (nSPS) is 17.6. The standard InChI is InChI=1S/C23H27N3O/c1-15-11-12-16-18(14-15)24-21(17-8-5-6-9-19(17)27)25-22(16)26-13-7-10-20(26)23(2,3)4/h5-6,8-9,11-12,14,20,27H,7,10,13H2,1-4H3. The highest BCUT2D eigenvalue weighted by Crippen LogP contribution is 2.39. The van der Waals surface area contributed by atoms with Crippen molar-refractivity contribution in [3.8, 4) is 17.1 Å². The first-order valence-corrected chi connectivity index (χ1v) is 9.68. The summed E-state index contributed by atoms with van der Waals surface area (Å²) in [5.74, 6) is 1.78. The molecular formula is C23H27N3O. The molecule has 1 saturated heterocycles. The molecule has 1 aromatic heterocycles. The molecule has 1 aliphatic heterocycles. The molecule has 0 amide bonds. The third kappa shape index (κ3) is 3.25. The molecule has 4 heteroatoms. The van der Waals surface area contributed by atoms with Crippen LogP contribution in [0.5, 0.6) is 5.75 Å². The summed E-state index contributed by atoms with van der Waals surface area (Å²) in [6.07, 6.45) is 2.35. The molecule has 1 fully saturated rings. The molecule has 0 spiro atoms. The van der Waals surface area contributed by atoms with Crippen molar-refractivity contribution in [2.75, 3.05) is 11.4 Å². The molecule has 27 heavy (non-hydrogen) atoms. The monoisotopic (exact) mass is 361 g/mol. The molecule has 3 aromatic rings. The number of anilines is 1. The number of rotatable bonds is 2. The molecule has 1 unspecified atom stereocenters. The van der Waals surface area contributed by atoms with Gasteiger partial charge < -0.3 is 10.0 Å². The van der Waals surface area contributed by atoms with E-state index in [1.54, 1.807) is 6.07 Å². The lowest BCUT2D eigenvalue weighted by Crippen LogP contribution is -2.40. The van der Waals surface area contributed by atoms with E-state index in [2.05, 4.69) is 50.8 Å². The van der Waals surface area contributed by atoms with Crippen molar-refractivity contribution in [1.29, 1.82) is 0 Å². The van der Waals surface area contributed by atoms with Gasteiger partial charge in [0.2, 0.25) is 0 Å². The van der Waals surface area contributed by atoms with E-state index in [1.165, 1.54) is 18.4 Å². The van der Waals surface area contributed by atoms with Crippen molar-refractivity contribution in [3.63, 3.8) is 0 Å². The van der Waals surface area contributed by atoms with Gasteiger partial charge in [0.25, 0.3) is 0 Å². The number of phenols is 1. The van der Waals surface area contributed by atoms with Gasteiger partial charge in [-0.1, -0.05) is 39.0 Å².